The molecule has 0 aromatic carbocycles. The summed E-state index contributed by atoms with van der Waals surface area (Å²) in [5.41, 5.74) is 1.98. The van der Waals surface area contributed by atoms with E-state index in [0.717, 1.165) is 57.1 Å². The third-order valence-corrected chi connectivity index (χ3v) is 3.58. The molecule has 1 fully saturated rings. The third kappa shape index (κ3) is 4.61. The molecule has 0 atom stereocenters. The van der Waals surface area contributed by atoms with Crippen molar-refractivity contribution in [3.05, 3.63) is 17.5 Å². The highest BCUT2D eigenvalue weighted by atomic mass is 16.2. The van der Waals surface area contributed by atoms with Gasteiger partial charge >= 0.3 is 0 Å². The lowest BCUT2D eigenvalue weighted by Gasteiger charge is -2.27. The Hall–Kier alpha value is -1.40. The van der Waals surface area contributed by atoms with Gasteiger partial charge in [0.2, 0.25) is 5.91 Å². The van der Waals surface area contributed by atoms with E-state index < -0.39 is 0 Å². The molecule has 1 aromatic heterocycles. The van der Waals surface area contributed by atoms with Gasteiger partial charge in [-0.1, -0.05) is 0 Å². The van der Waals surface area contributed by atoms with Crippen LogP contribution < -0.4 is 10.6 Å². The molecule has 2 heterocycles. The summed E-state index contributed by atoms with van der Waals surface area (Å²) in [4.78, 5) is 14.3. The minimum atomic E-state index is 0.0384. The maximum absolute atomic E-state index is 11.8. The Morgan fingerprint density at radius 2 is 2.15 bits per heavy atom. The zero-order valence-corrected chi connectivity index (χ0v) is 12.5. The number of carbonyl (C=O) groups is 1. The second kappa shape index (κ2) is 7.40. The molecule has 1 aliphatic heterocycles. The summed E-state index contributed by atoms with van der Waals surface area (Å²) >= 11 is 0. The molecule has 1 saturated heterocycles. The van der Waals surface area contributed by atoms with Crippen molar-refractivity contribution in [2.75, 3.05) is 39.3 Å². The first kappa shape index (κ1) is 15.0. The van der Waals surface area contributed by atoms with Gasteiger partial charge in [-0.2, -0.15) is 5.10 Å². The summed E-state index contributed by atoms with van der Waals surface area (Å²) in [5.74, 6) is 0.0384. The second-order valence-electron chi connectivity index (χ2n) is 5.38. The molecule has 0 saturated carbocycles. The summed E-state index contributed by atoms with van der Waals surface area (Å²) in [5, 5.41) is 10.6. The first-order valence-corrected chi connectivity index (χ1v) is 7.36. The number of carbonyl (C=O) groups excluding carboxylic acids is 1. The van der Waals surface area contributed by atoms with Crippen molar-refractivity contribution in [3.8, 4) is 0 Å². The van der Waals surface area contributed by atoms with Gasteiger partial charge in [-0.3, -0.25) is 9.48 Å². The monoisotopic (exact) mass is 279 g/mol. The van der Waals surface area contributed by atoms with Crippen LogP contribution in [0.4, 0.5) is 0 Å². The van der Waals surface area contributed by atoms with Crippen LogP contribution in [-0.2, 0) is 11.3 Å². The van der Waals surface area contributed by atoms with Crippen LogP contribution in [0, 0.1) is 13.8 Å². The average molecular weight is 279 g/mol. The van der Waals surface area contributed by atoms with Crippen LogP contribution >= 0.6 is 0 Å². The number of hydrogen-bond donors (Lipinski definition) is 2. The quantitative estimate of drug-likeness (QED) is 0.715. The largest absolute Gasteiger partial charge is 0.354 e. The highest BCUT2D eigenvalue weighted by Gasteiger charge is 2.09. The molecule has 0 aliphatic carbocycles. The second-order valence-corrected chi connectivity index (χ2v) is 5.38. The first-order valence-electron chi connectivity index (χ1n) is 7.36. The van der Waals surface area contributed by atoms with E-state index in [2.05, 4.69) is 20.6 Å². The molecule has 1 amide bonds. The van der Waals surface area contributed by atoms with E-state index in [9.17, 15) is 4.79 Å². The number of aromatic nitrogens is 2. The Labute approximate surface area is 120 Å². The molecular formula is C14H25N5O. The molecule has 20 heavy (non-hydrogen) atoms. The number of hydrogen-bond acceptors (Lipinski definition) is 4. The predicted octanol–water partition coefficient (Wildman–Crippen LogP) is -0.0886. The van der Waals surface area contributed by atoms with Crippen molar-refractivity contribution in [2.45, 2.75) is 26.8 Å². The Kier molecular flexibility index (Phi) is 5.55. The summed E-state index contributed by atoms with van der Waals surface area (Å²) in [6.07, 6.45) is 1.00. The van der Waals surface area contributed by atoms with Gasteiger partial charge in [0.15, 0.2) is 0 Å². The fourth-order valence-corrected chi connectivity index (χ4v) is 2.49. The van der Waals surface area contributed by atoms with Crippen molar-refractivity contribution in [3.63, 3.8) is 0 Å². The predicted molar refractivity (Wildman–Crippen MR) is 78.6 cm³/mol. The smallest absolute Gasteiger partial charge is 0.241 e. The zero-order valence-electron chi connectivity index (χ0n) is 12.5. The topological polar surface area (TPSA) is 62.2 Å². The Morgan fingerprint density at radius 3 is 2.80 bits per heavy atom. The Morgan fingerprint density at radius 1 is 1.40 bits per heavy atom. The highest BCUT2D eigenvalue weighted by molar-refractivity contribution is 5.75. The van der Waals surface area contributed by atoms with Gasteiger partial charge in [0.25, 0.3) is 0 Å². The fraction of sp³-hybridized carbons (Fsp3) is 0.714. The lowest BCUT2D eigenvalue weighted by molar-refractivity contribution is -0.121. The number of piperazine rings is 1. The van der Waals surface area contributed by atoms with E-state index in [4.69, 9.17) is 0 Å². The van der Waals surface area contributed by atoms with E-state index >= 15 is 0 Å². The van der Waals surface area contributed by atoms with Crippen LogP contribution in [0.3, 0.4) is 0 Å². The van der Waals surface area contributed by atoms with Gasteiger partial charge < -0.3 is 15.5 Å². The van der Waals surface area contributed by atoms with E-state index in [0.29, 0.717) is 6.54 Å². The molecule has 0 radical (unpaired) electrons. The third-order valence-electron chi connectivity index (χ3n) is 3.58. The highest BCUT2D eigenvalue weighted by Crippen LogP contribution is 2.01. The van der Waals surface area contributed by atoms with Crippen molar-refractivity contribution in [1.82, 2.24) is 25.3 Å². The fourth-order valence-electron chi connectivity index (χ4n) is 2.49. The normalized spacial score (nSPS) is 16.3. The summed E-state index contributed by atoms with van der Waals surface area (Å²) < 4.78 is 1.75. The lowest BCUT2D eigenvalue weighted by atomic mass is 10.3. The number of nitrogens with one attached hydrogen (secondary N) is 2. The number of aryl methyl sites for hydroxylation is 2. The van der Waals surface area contributed by atoms with Crippen molar-refractivity contribution >= 4 is 5.91 Å². The van der Waals surface area contributed by atoms with Crippen LogP contribution in [0.5, 0.6) is 0 Å². The first-order chi connectivity index (χ1) is 9.65. The Balaban J connectivity index is 1.61. The minimum absolute atomic E-state index is 0.0384. The summed E-state index contributed by atoms with van der Waals surface area (Å²) in [7, 11) is 0. The van der Waals surface area contributed by atoms with Gasteiger partial charge in [0.1, 0.15) is 6.54 Å². The molecule has 2 rings (SSSR count). The van der Waals surface area contributed by atoms with Gasteiger partial charge in [-0.15, -0.1) is 0 Å². The molecule has 0 unspecified atom stereocenters. The maximum Gasteiger partial charge on any atom is 0.241 e. The van der Waals surface area contributed by atoms with Crippen LogP contribution in [0.1, 0.15) is 17.8 Å². The number of nitrogens with zero attached hydrogens (tertiary/aromatic N) is 3. The van der Waals surface area contributed by atoms with Crippen molar-refractivity contribution in [2.24, 2.45) is 0 Å². The van der Waals surface area contributed by atoms with Gasteiger partial charge in [0.05, 0.1) is 5.69 Å². The van der Waals surface area contributed by atoms with E-state index in [1.54, 1.807) is 4.68 Å². The van der Waals surface area contributed by atoms with Crippen LogP contribution in [0.25, 0.3) is 0 Å². The molecular weight excluding hydrogens is 254 g/mol. The molecule has 112 valence electrons. The molecule has 2 N–H and O–H groups in total. The standard InChI is InChI=1S/C14H25N5O/c1-12-10-13(2)19(17-12)11-14(20)16-4-3-7-18-8-5-15-6-9-18/h10,15H,3-9,11H2,1-2H3,(H,16,20). The number of amides is 1. The van der Waals surface area contributed by atoms with Crippen LogP contribution in [0.2, 0.25) is 0 Å². The molecule has 0 spiro atoms. The van der Waals surface area contributed by atoms with Gasteiger partial charge in [-0.05, 0) is 32.9 Å². The van der Waals surface area contributed by atoms with Gasteiger partial charge in [-0.25, -0.2) is 0 Å². The van der Waals surface area contributed by atoms with E-state index in [-0.39, 0.29) is 5.91 Å². The van der Waals surface area contributed by atoms with Crippen LogP contribution in [-0.4, -0.2) is 59.9 Å². The van der Waals surface area contributed by atoms with E-state index in [1.165, 1.54) is 0 Å². The summed E-state index contributed by atoms with van der Waals surface area (Å²) in [6.45, 7) is 10.4. The zero-order chi connectivity index (χ0) is 14.4. The van der Waals surface area contributed by atoms with E-state index in [1.807, 2.05) is 19.9 Å². The molecule has 6 nitrogen and oxygen atoms in total. The average Bonchev–Trinajstić information content (AvgIpc) is 2.74. The summed E-state index contributed by atoms with van der Waals surface area (Å²) in [6, 6.07) is 1.98. The molecule has 1 aromatic rings. The minimum Gasteiger partial charge on any atom is -0.354 e. The molecule has 1 aliphatic rings. The van der Waals surface area contributed by atoms with Gasteiger partial charge in [0, 0.05) is 38.4 Å². The maximum atomic E-state index is 11.8. The van der Waals surface area contributed by atoms with Crippen LogP contribution in [0.15, 0.2) is 6.07 Å². The molecule has 6 heteroatoms. The number of rotatable bonds is 6. The Bertz CT molecular complexity index is 437. The molecule has 0 bridgehead atoms. The van der Waals surface area contributed by atoms with Crippen molar-refractivity contribution in [1.29, 1.82) is 0 Å². The SMILES string of the molecule is Cc1cc(C)n(CC(=O)NCCCN2CCNCC2)n1. The van der Waals surface area contributed by atoms with Crippen molar-refractivity contribution < 1.29 is 4.79 Å². The lowest BCUT2D eigenvalue weighted by Crippen LogP contribution is -2.44.